The van der Waals surface area contributed by atoms with Gasteiger partial charge in [0.05, 0.1) is 38.1 Å². The molecule has 2 saturated heterocycles. The first-order valence-electron chi connectivity index (χ1n) is 10.2. The Labute approximate surface area is 179 Å². The van der Waals surface area contributed by atoms with Gasteiger partial charge in [-0.05, 0) is 24.6 Å². The van der Waals surface area contributed by atoms with E-state index in [1.54, 1.807) is 26.0 Å². The van der Waals surface area contributed by atoms with Gasteiger partial charge in [-0.1, -0.05) is 29.4 Å². The van der Waals surface area contributed by atoms with Crippen LogP contribution in [0.2, 0.25) is 0 Å². The number of aromatic nitrogens is 2. The number of hydrogen-bond acceptors (Lipinski definition) is 7. The predicted octanol–water partition coefficient (Wildman–Crippen LogP) is 1.33. The van der Waals surface area contributed by atoms with Crippen molar-refractivity contribution in [2.45, 2.75) is 31.7 Å². The van der Waals surface area contributed by atoms with E-state index in [1.807, 2.05) is 36.4 Å². The average molecular weight is 424 g/mol. The molecule has 4 atom stereocenters. The first-order valence-corrected chi connectivity index (χ1v) is 10.2. The van der Waals surface area contributed by atoms with Gasteiger partial charge < -0.3 is 23.8 Å². The summed E-state index contributed by atoms with van der Waals surface area (Å²) in [4.78, 5) is 34.2. The van der Waals surface area contributed by atoms with Crippen molar-refractivity contribution in [3.8, 4) is 5.75 Å². The van der Waals surface area contributed by atoms with E-state index in [0.717, 1.165) is 11.3 Å². The van der Waals surface area contributed by atoms with Crippen LogP contribution < -0.4 is 4.74 Å². The van der Waals surface area contributed by atoms with Crippen LogP contribution in [-0.2, 0) is 27.4 Å². The summed E-state index contributed by atoms with van der Waals surface area (Å²) in [5.74, 6) is 0.295. The molecule has 0 saturated carbocycles. The third kappa shape index (κ3) is 3.20. The van der Waals surface area contributed by atoms with Gasteiger partial charge in [-0.3, -0.25) is 9.59 Å². The summed E-state index contributed by atoms with van der Waals surface area (Å²) >= 11 is 0. The van der Waals surface area contributed by atoms with Crippen molar-refractivity contribution in [1.29, 1.82) is 0 Å². The zero-order chi connectivity index (χ0) is 21.8. The monoisotopic (exact) mass is 424 g/mol. The fourth-order valence-corrected chi connectivity index (χ4v) is 4.92. The first-order chi connectivity index (χ1) is 14.9. The van der Waals surface area contributed by atoms with E-state index in [4.69, 9.17) is 14.0 Å². The molecule has 1 spiro atoms. The summed E-state index contributed by atoms with van der Waals surface area (Å²) in [7, 11) is 3.29. The van der Waals surface area contributed by atoms with Gasteiger partial charge in [0.25, 0.3) is 0 Å². The average Bonchev–Trinajstić information content (AvgIpc) is 3.50. The zero-order valence-electron chi connectivity index (χ0n) is 17.6. The van der Waals surface area contributed by atoms with Gasteiger partial charge in [-0.25, -0.2) is 0 Å². The highest BCUT2D eigenvalue weighted by Crippen LogP contribution is 2.52. The zero-order valence-corrected chi connectivity index (χ0v) is 17.6. The Bertz CT molecular complexity index is 1070. The topological polar surface area (TPSA) is 98.0 Å². The molecular weight excluding hydrogens is 400 g/mol. The number of aryl methyl sites for hydroxylation is 1. The number of fused-ring (bicyclic) bond motifs is 1. The van der Waals surface area contributed by atoms with Gasteiger partial charge in [-0.2, -0.15) is 4.98 Å². The molecule has 4 heterocycles. The van der Waals surface area contributed by atoms with Gasteiger partial charge in [0.1, 0.15) is 11.4 Å². The number of amides is 2. The summed E-state index contributed by atoms with van der Waals surface area (Å²) in [5, 5.41) is 3.76. The lowest BCUT2D eigenvalue weighted by Gasteiger charge is -2.27. The molecule has 0 unspecified atom stereocenters. The van der Waals surface area contributed by atoms with E-state index in [1.165, 1.54) is 4.90 Å². The normalized spacial score (nSPS) is 28.3. The second-order valence-electron chi connectivity index (χ2n) is 8.38. The number of nitrogens with zero attached hydrogens (tertiary/aromatic N) is 4. The molecule has 1 aromatic heterocycles. The molecule has 2 fully saturated rings. The van der Waals surface area contributed by atoms with Crippen LogP contribution >= 0.6 is 0 Å². The molecule has 5 rings (SSSR count). The molecule has 9 heteroatoms. The van der Waals surface area contributed by atoms with Gasteiger partial charge in [0.2, 0.25) is 17.7 Å². The number of benzene rings is 1. The smallest absolute Gasteiger partial charge is 0.246 e. The van der Waals surface area contributed by atoms with E-state index in [0.29, 0.717) is 24.8 Å². The molecule has 3 aliphatic heterocycles. The lowest BCUT2D eigenvalue weighted by Crippen LogP contribution is -2.44. The predicted molar refractivity (Wildman–Crippen MR) is 108 cm³/mol. The number of hydrogen-bond donors (Lipinski definition) is 0. The highest BCUT2D eigenvalue weighted by molar-refractivity contribution is 5.93. The molecule has 0 aliphatic carbocycles. The van der Waals surface area contributed by atoms with Crippen molar-refractivity contribution in [3.05, 3.63) is 53.7 Å². The molecule has 0 N–H and O–H groups in total. The van der Waals surface area contributed by atoms with Crippen LogP contribution in [0.25, 0.3) is 0 Å². The van der Waals surface area contributed by atoms with E-state index in [2.05, 4.69) is 10.1 Å². The fraction of sp³-hybridized carbons (Fsp3) is 0.455. The maximum absolute atomic E-state index is 13.4. The molecule has 9 nitrogen and oxygen atoms in total. The molecule has 2 bridgehead atoms. The molecule has 0 radical (unpaired) electrons. The van der Waals surface area contributed by atoms with Crippen LogP contribution in [0.15, 0.2) is 40.9 Å². The van der Waals surface area contributed by atoms with Crippen LogP contribution in [0.3, 0.4) is 0 Å². The summed E-state index contributed by atoms with van der Waals surface area (Å²) in [5.41, 5.74) is 0.220. The highest BCUT2D eigenvalue weighted by Gasteiger charge is 2.67. The number of methoxy groups -OCH3 is 1. The third-order valence-electron chi connectivity index (χ3n) is 6.29. The Morgan fingerprint density at radius 3 is 3.00 bits per heavy atom. The summed E-state index contributed by atoms with van der Waals surface area (Å²) in [6.45, 7) is 2.78. The second kappa shape index (κ2) is 7.19. The van der Waals surface area contributed by atoms with Gasteiger partial charge in [0.15, 0.2) is 5.82 Å². The van der Waals surface area contributed by atoms with E-state index in [9.17, 15) is 9.59 Å². The van der Waals surface area contributed by atoms with Crippen molar-refractivity contribution in [2.24, 2.45) is 11.8 Å². The Morgan fingerprint density at radius 2 is 2.26 bits per heavy atom. The maximum atomic E-state index is 13.4. The number of likely N-dealkylation sites (tertiary alicyclic amines) is 1. The number of ether oxygens (including phenoxy) is 2. The van der Waals surface area contributed by atoms with E-state index >= 15 is 0 Å². The third-order valence-corrected chi connectivity index (χ3v) is 6.29. The van der Waals surface area contributed by atoms with Crippen LogP contribution in [-0.4, -0.2) is 64.2 Å². The fourth-order valence-electron chi connectivity index (χ4n) is 4.92. The second-order valence-corrected chi connectivity index (χ2v) is 8.38. The van der Waals surface area contributed by atoms with Crippen LogP contribution in [0, 0.1) is 18.8 Å². The Hall–Kier alpha value is -3.20. The SMILES string of the molecule is COc1cccc(CN2C[C@]34C=C[C@H](O3)[C@H](C(=O)N(C)Cc3nc(C)no3)[C@H]4C2=O)c1. The first kappa shape index (κ1) is 19.7. The Morgan fingerprint density at radius 1 is 1.42 bits per heavy atom. The van der Waals surface area contributed by atoms with Crippen molar-refractivity contribution >= 4 is 11.8 Å². The van der Waals surface area contributed by atoms with Crippen LogP contribution in [0.4, 0.5) is 0 Å². The molecule has 3 aliphatic rings. The molecular formula is C22H24N4O5. The van der Waals surface area contributed by atoms with Crippen molar-refractivity contribution in [3.63, 3.8) is 0 Å². The largest absolute Gasteiger partial charge is 0.497 e. The molecule has 2 aromatic rings. The summed E-state index contributed by atoms with van der Waals surface area (Å²) < 4.78 is 16.6. The molecule has 1 aromatic carbocycles. The maximum Gasteiger partial charge on any atom is 0.246 e. The molecule has 162 valence electrons. The number of carbonyl (C=O) groups excluding carboxylic acids is 2. The van der Waals surface area contributed by atoms with Crippen molar-refractivity contribution < 1.29 is 23.6 Å². The minimum Gasteiger partial charge on any atom is -0.497 e. The Kier molecular flexibility index (Phi) is 4.58. The van der Waals surface area contributed by atoms with Crippen LogP contribution in [0.5, 0.6) is 5.75 Å². The standard InChI is InChI=1S/C22H24N4O5/c1-13-23-17(31-24-13)11-25(2)20(27)18-16-7-8-22(30-16)12-26(21(28)19(18)22)10-14-5-4-6-15(9-14)29-3/h4-9,16,18-19H,10-12H2,1-3H3/t16-,18-,19-,22-/m0/s1. The quantitative estimate of drug-likeness (QED) is 0.645. The van der Waals surface area contributed by atoms with E-state index < -0.39 is 23.5 Å². The van der Waals surface area contributed by atoms with Crippen molar-refractivity contribution in [2.75, 3.05) is 20.7 Å². The lowest BCUT2D eigenvalue weighted by atomic mass is 9.76. The van der Waals surface area contributed by atoms with Gasteiger partial charge in [-0.15, -0.1) is 0 Å². The van der Waals surface area contributed by atoms with Gasteiger partial charge in [0, 0.05) is 13.6 Å². The molecule has 2 amide bonds. The van der Waals surface area contributed by atoms with Gasteiger partial charge >= 0.3 is 0 Å². The minimum absolute atomic E-state index is 0.0601. The Balaban J connectivity index is 1.35. The number of carbonyl (C=O) groups is 2. The summed E-state index contributed by atoms with van der Waals surface area (Å²) in [6.07, 6.45) is 3.47. The lowest BCUT2D eigenvalue weighted by molar-refractivity contribution is -0.143. The minimum atomic E-state index is -0.747. The van der Waals surface area contributed by atoms with Crippen molar-refractivity contribution in [1.82, 2.24) is 19.9 Å². The van der Waals surface area contributed by atoms with Crippen LogP contribution in [0.1, 0.15) is 17.3 Å². The highest BCUT2D eigenvalue weighted by atomic mass is 16.5. The summed E-state index contributed by atoms with van der Waals surface area (Å²) in [6, 6.07) is 7.64. The number of rotatable bonds is 6. The molecule has 31 heavy (non-hydrogen) atoms. The van der Waals surface area contributed by atoms with E-state index in [-0.39, 0.29) is 18.4 Å².